The van der Waals surface area contributed by atoms with Crippen molar-refractivity contribution in [1.82, 2.24) is 14.7 Å². The van der Waals surface area contributed by atoms with Crippen molar-refractivity contribution < 1.29 is 14.6 Å². The zero-order valence-electron chi connectivity index (χ0n) is 14.7. The minimum absolute atomic E-state index is 0.194. The number of piperidine rings is 1. The number of carbonyl (C=O) groups excluding carboxylic acids is 1. The Kier molecular flexibility index (Phi) is 5.68. The van der Waals surface area contributed by atoms with Crippen molar-refractivity contribution in [2.45, 2.75) is 65.0 Å². The molecule has 6 heteroatoms. The Hall–Kier alpha value is -1.56. The Morgan fingerprint density at radius 2 is 2.22 bits per heavy atom. The maximum absolute atomic E-state index is 12.3. The molecule has 1 fully saturated rings. The molecule has 1 aliphatic rings. The third-order valence-electron chi connectivity index (χ3n) is 4.14. The van der Waals surface area contributed by atoms with Gasteiger partial charge >= 0.3 is 6.09 Å². The van der Waals surface area contributed by atoms with Crippen molar-refractivity contribution in [3.63, 3.8) is 0 Å². The summed E-state index contributed by atoms with van der Waals surface area (Å²) in [5.41, 5.74) is 1.84. The van der Waals surface area contributed by atoms with E-state index in [2.05, 4.69) is 12.0 Å². The number of amides is 1. The highest BCUT2D eigenvalue weighted by atomic mass is 16.6. The number of ether oxygens (including phenoxy) is 1. The van der Waals surface area contributed by atoms with Gasteiger partial charge in [0.25, 0.3) is 0 Å². The number of aryl methyl sites for hydroxylation is 1. The van der Waals surface area contributed by atoms with E-state index in [1.54, 1.807) is 4.90 Å². The minimum atomic E-state index is -0.469. The largest absolute Gasteiger partial charge is 0.444 e. The van der Waals surface area contributed by atoms with Gasteiger partial charge in [0, 0.05) is 25.4 Å². The summed E-state index contributed by atoms with van der Waals surface area (Å²) in [7, 11) is 0. The second kappa shape index (κ2) is 7.34. The van der Waals surface area contributed by atoms with Crippen LogP contribution in [0.3, 0.4) is 0 Å². The van der Waals surface area contributed by atoms with Gasteiger partial charge in [-0.1, -0.05) is 0 Å². The number of hydrogen-bond donors (Lipinski definition) is 1. The van der Waals surface area contributed by atoms with Gasteiger partial charge in [-0.2, -0.15) is 5.10 Å². The summed E-state index contributed by atoms with van der Waals surface area (Å²) in [6.45, 7) is 9.29. The van der Waals surface area contributed by atoms with Crippen LogP contribution in [0.1, 0.15) is 57.3 Å². The lowest BCUT2D eigenvalue weighted by Gasteiger charge is -2.34. The van der Waals surface area contributed by atoms with E-state index < -0.39 is 5.60 Å². The zero-order chi connectivity index (χ0) is 17.0. The number of rotatable bonds is 4. The number of likely N-dealkylation sites (tertiary alicyclic amines) is 1. The zero-order valence-corrected chi connectivity index (χ0v) is 14.7. The van der Waals surface area contributed by atoms with Crippen LogP contribution in [0.2, 0.25) is 0 Å². The fourth-order valence-electron chi connectivity index (χ4n) is 2.99. The molecule has 0 saturated carbocycles. The van der Waals surface area contributed by atoms with Crippen LogP contribution in [-0.4, -0.2) is 51.2 Å². The van der Waals surface area contributed by atoms with Crippen molar-refractivity contribution in [3.05, 3.63) is 17.5 Å². The molecule has 0 bridgehead atoms. The molecule has 1 amide bonds. The van der Waals surface area contributed by atoms with Gasteiger partial charge in [-0.3, -0.25) is 4.68 Å². The topological polar surface area (TPSA) is 67.6 Å². The second-order valence-electron chi connectivity index (χ2n) is 7.25. The minimum Gasteiger partial charge on any atom is -0.444 e. The molecule has 1 unspecified atom stereocenters. The second-order valence-corrected chi connectivity index (χ2v) is 7.25. The van der Waals surface area contributed by atoms with Crippen LogP contribution >= 0.6 is 0 Å². The standard InChI is InChI=1S/C17H29N3O3/c1-13-14(7-6-10-21)11-18-20(13)15-8-5-9-19(12-15)16(22)23-17(2,3)4/h11,15,21H,5-10,12H2,1-4H3. The van der Waals surface area contributed by atoms with Crippen LogP contribution in [-0.2, 0) is 11.2 Å². The molecule has 2 heterocycles. The van der Waals surface area contributed by atoms with Gasteiger partial charge in [0.1, 0.15) is 5.60 Å². The van der Waals surface area contributed by atoms with Crippen molar-refractivity contribution in [2.24, 2.45) is 0 Å². The Bertz CT molecular complexity index is 534. The van der Waals surface area contributed by atoms with Crippen LogP contribution < -0.4 is 0 Å². The number of aliphatic hydroxyl groups is 1. The van der Waals surface area contributed by atoms with Crippen LogP contribution in [0, 0.1) is 6.92 Å². The highest BCUT2D eigenvalue weighted by Crippen LogP contribution is 2.25. The molecule has 1 atom stereocenters. The summed E-state index contributed by atoms with van der Waals surface area (Å²) in [6.07, 6.45) is 5.20. The molecule has 1 saturated heterocycles. The summed E-state index contributed by atoms with van der Waals surface area (Å²) in [6, 6.07) is 0.194. The average molecular weight is 323 g/mol. The molecule has 1 aliphatic heterocycles. The highest BCUT2D eigenvalue weighted by molar-refractivity contribution is 5.68. The lowest BCUT2D eigenvalue weighted by atomic mass is 10.1. The van der Waals surface area contributed by atoms with E-state index in [0.717, 1.165) is 37.9 Å². The predicted octanol–water partition coefficient (Wildman–Crippen LogP) is 2.69. The molecule has 1 N–H and O–H groups in total. The normalized spacial score (nSPS) is 19.0. The number of aliphatic hydroxyl groups excluding tert-OH is 1. The van der Waals surface area contributed by atoms with Gasteiger partial charge in [-0.25, -0.2) is 4.79 Å². The SMILES string of the molecule is Cc1c(CCCO)cnn1C1CCCN(C(=O)OC(C)(C)C)C1. The van der Waals surface area contributed by atoms with E-state index in [-0.39, 0.29) is 18.7 Å². The molecule has 130 valence electrons. The van der Waals surface area contributed by atoms with Gasteiger partial charge < -0.3 is 14.7 Å². The maximum Gasteiger partial charge on any atom is 0.410 e. The number of nitrogens with zero attached hydrogens (tertiary/aromatic N) is 3. The molecule has 1 aromatic heterocycles. The van der Waals surface area contributed by atoms with Crippen molar-refractivity contribution in [3.8, 4) is 0 Å². The first-order valence-corrected chi connectivity index (χ1v) is 8.43. The van der Waals surface area contributed by atoms with Crippen LogP contribution in [0.5, 0.6) is 0 Å². The van der Waals surface area contributed by atoms with E-state index in [4.69, 9.17) is 9.84 Å². The molecule has 6 nitrogen and oxygen atoms in total. The van der Waals surface area contributed by atoms with E-state index in [0.29, 0.717) is 6.54 Å². The Labute approximate surface area is 138 Å². The Morgan fingerprint density at radius 1 is 1.48 bits per heavy atom. The highest BCUT2D eigenvalue weighted by Gasteiger charge is 2.29. The Morgan fingerprint density at radius 3 is 2.87 bits per heavy atom. The van der Waals surface area contributed by atoms with Gasteiger partial charge in [-0.15, -0.1) is 0 Å². The van der Waals surface area contributed by atoms with Gasteiger partial charge in [0.2, 0.25) is 0 Å². The quantitative estimate of drug-likeness (QED) is 0.925. The number of aromatic nitrogens is 2. The van der Waals surface area contributed by atoms with Gasteiger partial charge in [0.15, 0.2) is 0 Å². The van der Waals surface area contributed by atoms with Crippen molar-refractivity contribution in [2.75, 3.05) is 19.7 Å². The molecule has 23 heavy (non-hydrogen) atoms. The summed E-state index contributed by atoms with van der Waals surface area (Å²) in [5, 5.41) is 13.5. The van der Waals surface area contributed by atoms with Gasteiger partial charge in [0.05, 0.1) is 12.2 Å². The van der Waals surface area contributed by atoms with Gasteiger partial charge in [-0.05, 0) is 58.9 Å². The summed E-state index contributed by atoms with van der Waals surface area (Å²) in [5.74, 6) is 0. The molecular weight excluding hydrogens is 294 g/mol. The molecule has 0 radical (unpaired) electrons. The maximum atomic E-state index is 12.3. The third-order valence-corrected chi connectivity index (χ3v) is 4.14. The monoisotopic (exact) mass is 323 g/mol. The van der Waals surface area contributed by atoms with Crippen LogP contribution in [0.15, 0.2) is 6.20 Å². The Balaban J connectivity index is 2.04. The number of carbonyl (C=O) groups is 1. The van der Waals surface area contributed by atoms with E-state index in [9.17, 15) is 4.79 Å². The summed E-state index contributed by atoms with van der Waals surface area (Å²) >= 11 is 0. The first-order valence-electron chi connectivity index (χ1n) is 8.43. The van der Waals surface area contributed by atoms with Crippen molar-refractivity contribution >= 4 is 6.09 Å². The molecule has 0 aromatic carbocycles. The lowest BCUT2D eigenvalue weighted by Crippen LogP contribution is -2.43. The molecule has 2 rings (SSSR count). The van der Waals surface area contributed by atoms with Crippen molar-refractivity contribution in [1.29, 1.82) is 0 Å². The summed E-state index contributed by atoms with van der Waals surface area (Å²) in [4.78, 5) is 14.1. The van der Waals surface area contributed by atoms with Crippen LogP contribution in [0.4, 0.5) is 4.79 Å². The molecule has 1 aromatic rings. The number of hydrogen-bond acceptors (Lipinski definition) is 4. The molecule has 0 spiro atoms. The van der Waals surface area contributed by atoms with E-state index in [1.165, 1.54) is 5.56 Å². The van der Waals surface area contributed by atoms with E-state index in [1.807, 2.05) is 31.6 Å². The third kappa shape index (κ3) is 4.70. The first kappa shape index (κ1) is 17.8. The first-order chi connectivity index (χ1) is 10.8. The summed E-state index contributed by atoms with van der Waals surface area (Å²) < 4.78 is 7.51. The molecular formula is C17H29N3O3. The van der Waals surface area contributed by atoms with E-state index >= 15 is 0 Å². The predicted molar refractivity (Wildman–Crippen MR) is 88.4 cm³/mol. The smallest absolute Gasteiger partial charge is 0.410 e. The van der Waals surface area contributed by atoms with Crippen LogP contribution in [0.25, 0.3) is 0 Å². The average Bonchev–Trinajstić information content (AvgIpc) is 2.84. The fraction of sp³-hybridized carbons (Fsp3) is 0.765. The fourth-order valence-corrected chi connectivity index (χ4v) is 2.99. The molecule has 0 aliphatic carbocycles. The lowest BCUT2D eigenvalue weighted by molar-refractivity contribution is 0.0166.